The summed E-state index contributed by atoms with van der Waals surface area (Å²) in [5.74, 6) is -0.751. The van der Waals surface area contributed by atoms with Crippen LogP contribution in [0.3, 0.4) is 0 Å². The first-order chi connectivity index (χ1) is 12.6. The summed E-state index contributed by atoms with van der Waals surface area (Å²) >= 11 is 0. The van der Waals surface area contributed by atoms with E-state index in [0.29, 0.717) is 11.3 Å². The minimum Gasteiger partial charge on any atom is -0.449 e. The normalized spacial score (nSPS) is 16.1. The average molecular weight is 357 g/mol. The molecule has 1 aromatic carbocycles. The summed E-state index contributed by atoms with van der Waals surface area (Å²) in [4.78, 5) is 27.0. The van der Waals surface area contributed by atoms with Crippen molar-refractivity contribution in [3.63, 3.8) is 0 Å². The van der Waals surface area contributed by atoms with Crippen molar-refractivity contribution in [2.75, 3.05) is 7.05 Å². The number of ether oxygens (including phenoxy) is 1. The number of carbonyl (C=O) groups excluding carboxylic acids is 2. The molecule has 0 saturated heterocycles. The van der Waals surface area contributed by atoms with Crippen molar-refractivity contribution in [1.82, 2.24) is 25.1 Å². The number of rotatable bonds is 5. The standard InChI is InChI=1S/C18H23N5O3/c1-13(17(24)22(2)14-8-4-3-5-9-14)26-18(25)15-10-6-7-11-16(15)23-12-19-20-21-23/h6-7,10-14H,3-5,8-9H2,1-2H3/t13-/m0/s1. The molecule has 0 N–H and O–H groups in total. The minimum atomic E-state index is -0.851. The molecule has 0 bridgehead atoms. The van der Waals surface area contributed by atoms with E-state index in [1.165, 1.54) is 17.4 Å². The third kappa shape index (κ3) is 3.89. The smallest absolute Gasteiger partial charge is 0.341 e. The number of amides is 1. The highest BCUT2D eigenvalue weighted by Gasteiger charge is 2.28. The highest BCUT2D eigenvalue weighted by Crippen LogP contribution is 2.22. The summed E-state index contributed by atoms with van der Waals surface area (Å²) in [6, 6.07) is 7.07. The van der Waals surface area contributed by atoms with Crippen molar-refractivity contribution in [2.45, 2.75) is 51.2 Å². The van der Waals surface area contributed by atoms with Crippen molar-refractivity contribution >= 4 is 11.9 Å². The fraction of sp³-hybridized carbons (Fsp3) is 0.500. The van der Waals surface area contributed by atoms with Crippen molar-refractivity contribution in [2.24, 2.45) is 0 Å². The van der Waals surface area contributed by atoms with Crippen LogP contribution in [0.2, 0.25) is 0 Å². The van der Waals surface area contributed by atoms with Crippen LogP contribution in [0.4, 0.5) is 0 Å². The fourth-order valence-electron chi connectivity index (χ4n) is 3.33. The minimum absolute atomic E-state index is 0.176. The molecule has 8 nitrogen and oxygen atoms in total. The lowest BCUT2D eigenvalue weighted by Crippen LogP contribution is -2.44. The Hall–Kier alpha value is -2.77. The molecule has 1 atom stereocenters. The van der Waals surface area contributed by atoms with Crippen LogP contribution in [-0.4, -0.2) is 56.2 Å². The number of aromatic nitrogens is 4. The largest absolute Gasteiger partial charge is 0.449 e. The molecule has 138 valence electrons. The Morgan fingerprint density at radius 2 is 1.96 bits per heavy atom. The lowest BCUT2D eigenvalue weighted by atomic mass is 9.94. The lowest BCUT2D eigenvalue weighted by molar-refractivity contribution is -0.141. The summed E-state index contributed by atoms with van der Waals surface area (Å²) in [6.45, 7) is 1.61. The topological polar surface area (TPSA) is 90.2 Å². The van der Waals surface area contributed by atoms with Crippen molar-refractivity contribution in [3.8, 4) is 5.69 Å². The number of nitrogens with zero attached hydrogens (tertiary/aromatic N) is 5. The zero-order valence-electron chi connectivity index (χ0n) is 15.0. The van der Waals surface area contributed by atoms with E-state index in [1.807, 2.05) is 0 Å². The predicted octanol–water partition coefficient (Wildman–Crippen LogP) is 2.00. The van der Waals surface area contributed by atoms with E-state index in [0.717, 1.165) is 25.7 Å². The molecular formula is C18H23N5O3. The lowest BCUT2D eigenvalue weighted by Gasteiger charge is -2.32. The molecule has 2 aromatic rings. The molecule has 0 spiro atoms. The molecule has 0 unspecified atom stereocenters. The van der Waals surface area contributed by atoms with Crippen LogP contribution in [0.15, 0.2) is 30.6 Å². The maximum Gasteiger partial charge on any atom is 0.341 e. The molecule has 1 fully saturated rings. The highest BCUT2D eigenvalue weighted by molar-refractivity contribution is 5.95. The van der Waals surface area contributed by atoms with Gasteiger partial charge in [0.2, 0.25) is 0 Å². The van der Waals surface area contributed by atoms with Crippen LogP contribution < -0.4 is 0 Å². The van der Waals surface area contributed by atoms with Gasteiger partial charge in [0.1, 0.15) is 6.33 Å². The molecule has 1 amide bonds. The molecule has 0 radical (unpaired) electrons. The SMILES string of the molecule is C[C@H](OC(=O)c1ccccc1-n1cnnn1)C(=O)N(C)C1CCCCC1. The quantitative estimate of drug-likeness (QED) is 0.760. The van der Waals surface area contributed by atoms with Gasteiger partial charge in [0.15, 0.2) is 6.10 Å². The zero-order valence-corrected chi connectivity index (χ0v) is 15.0. The van der Waals surface area contributed by atoms with Gasteiger partial charge in [-0.25, -0.2) is 4.79 Å². The second-order valence-electron chi connectivity index (χ2n) is 6.56. The van der Waals surface area contributed by atoms with Gasteiger partial charge in [0.05, 0.1) is 11.3 Å². The Morgan fingerprint density at radius 3 is 2.65 bits per heavy atom. The van der Waals surface area contributed by atoms with Gasteiger partial charge in [-0.15, -0.1) is 5.10 Å². The average Bonchev–Trinajstić information content (AvgIpc) is 3.22. The molecule has 8 heteroatoms. The van der Waals surface area contributed by atoms with E-state index in [4.69, 9.17) is 4.74 Å². The van der Waals surface area contributed by atoms with E-state index in [9.17, 15) is 9.59 Å². The molecule has 3 rings (SSSR count). The van der Waals surface area contributed by atoms with Crippen LogP contribution in [0.25, 0.3) is 5.69 Å². The second-order valence-corrected chi connectivity index (χ2v) is 6.56. The number of likely N-dealkylation sites (N-methyl/N-ethyl adjacent to an activating group) is 1. The van der Waals surface area contributed by atoms with Gasteiger partial charge in [-0.2, -0.15) is 4.68 Å². The molecule has 1 aliphatic rings. The zero-order chi connectivity index (χ0) is 18.5. The molecule has 1 aliphatic carbocycles. The molecule has 1 saturated carbocycles. The Morgan fingerprint density at radius 1 is 1.23 bits per heavy atom. The number of tetrazole rings is 1. The summed E-state index contributed by atoms with van der Waals surface area (Å²) < 4.78 is 6.82. The van der Waals surface area contributed by atoms with Gasteiger partial charge in [0, 0.05) is 13.1 Å². The van der Waals surface area contributed by atoms with Crippen molar-refractivity contribution < 1.29 is 14.3 Å². The first-order valence-corrected chi connectivity index (χ1v) is 8.88. The maximum atomic E-state index is 12.6. The van der Waals surface area contributed by atoms with E-state index in [-0.39, 0.29) is 11.9 Å². The predicted molar refractivity (Wildman–Crippen MR) is 93.7 cm³/mol. The fourth-order valence-corrected chi connectivity index (χ4v) is 3.33. The van der Waals surface area contributed by atoms with Crippen molar-refractivity contribution in [3.05, 3.63) is 36.2 Å². The third-order valence-electron chi connectivity index (χ3n) is 4.82. The number of benzene rings is 1. The number of para-hydroxylation sites is 1. The number of hydrogen-bond acceptors (Lipinski definition) is 6. The second kappa shape index (κ2) is 8.07. The van der Waals surface area contributed by atoms with Crippen LogP contribution in [0.1, 0.15) is 49.4 Å². The number of hydrogen-bond donors (Lipinski definition) is 0. The third-order valence-corrected chi connectivity index (χ3v) is 4.82. The van der Waals surface area contributed by atoms with Gasteiger partial charge in [-0.1, -0.05) is 31.4 Å². The van der Waals surface area contributed by atoms with E-state index >= 15 is 0 Å². The Labute approximate surface area is 152 Å². The van der Waals surface area contributed by atoms with Crippen LogP contribution >= 0.6 is 0 Å². The Bertz CT molecular complexity index is 756. The molecule has 1 aromatic heterocycles. The van der Waals surface area contributed by atoms with Crippen LogP contribution in [-0.2, 0) is 9.53 Å². The number of esters is 1. The van der Waals surface area contributed by atoms with E-state index in [1.54, 1.807) is 43.1 Å². The Balaban J connectivity index is 1.69. The Kier molecular flexibility index (Phi) is 5.60. The van der Waals surface area contributed by atoms with Gasteiger partial charge < -0.3 is 9.64 Å². The highest BCUT2D eigenvalue weighted by atomic mass is 16.5. The van der Waals surface area contributed by atoms with Crippen molar-refractivity contribution in [1.29, 1.82) is 0 Å². The van der Waals surface area contributed by atoms with Crippen LogP contribution in [0, 0.1) is 0 Å². The summed E-state index contributed by atoms with van der Waals surface area (Å²) in [5.41, 5.74) is 0.808. The van der Waals surface area contributed by atoms with Gasteiger partial charge in [0.25, 0.3) is 5.91 Å². The molecule has 0 aliphatic heterocycles. The number of carbonyl (C=O) groups is 2. The van der Waals surface area contributed by atoms with E-state index < -0.39 is 12.1 Å². The first-order valence-electron chi connectivity index (χ1n) is 8.88. The molecule has 1 heterocycles. The summed E-state index contributed by atoms with van der Waals surface area (Å²) in [7, 11) is 1.79. The monoisotopic (exact) mass is 357 g/mol. The van der Waals surface area contributed by atoms with Gasteiger partial charge in [-0.05, 0) is 42.3 Å². The first kappa shape index (κ1) is 18.0. The van der Waals surface area contributed by atoms with E-state index in [2.05, 4.69) is 15.5 Å². The molecular weight excluding hydrogens is 334 g/mol. The maximum absolute atomic E-state index is 12.6. The van der Waals surface area contributed by atoms with Crippen LogP contribution in [0.5, 0.6) is 0 Å². The summed E-state index contributed by atoms with van der Waals surface area (Å²) in [5, 5.41) is 11.0. The molecule has 26 heavy (non-hydrogen) atoms. The summed E-state index contributed by atoms with van der Waals surface area (Å²) in [6.07, 6.45) is 6.05. The van der Waals surface area contributed by atoms with Gasteiger partial charge in [-0.3, -0.25) is 4.79 Å². The van der Waals surface area contributed by atoms with Gasteiger partial charge >= 0.3 is 5.97 Å².